The predicted octanol–water partition coefficient (Wildman–Crippen LogP) is 2.15. The van der Waals surface area contributed by atoms with E-state index in [1.807, 2.05) is 54.3 Å². The van der Waals surface area contributed by atoms with Crippen LogP contribution in [0.5, 0.6) is 5.75 Å². The molecule has 2 aromatic carbocycles. The molecule has 1 aromatic heterocycles. The highest BCUT2D eigenvalue weighted by Crippen LogP contribution is 2.21. The lowest BCUT2D eigenvalue weighted by Gasteiger charge is -2.36. The molecule has 0 aliphatic carbocycles. The van der Waals surface area contributed by atoms with Gasteiger partial charge in [0.2, 0.25) is 5.91 Å². The van der Waals surface area contributed by atoms with Gasteiger partial charge in [0.15, 0.2) is 0 Å². The minimum atomic E-state index is -0.197. The van der Waals surface area contributed by atoms with E-state index in [1.54, 1.807) is 0 Å². The average Bonchev–Trinajstić information content (AvgIpc) is 3.09. The summed E-state index contributed by atoms with van der Waals surface area (Å²) in [4.78, 5) is 33.8. The van der Waals surface area contributed by atoms with E-state index in [-0.39, 0.29) is 11.6 Å². The molecule has 1 amide bonds. The Morgan fingerprint density at radius 1 is 1.00 bits per heavy atom. The molecule has 0 unspecified atom stereocenters. The van der Waals surface area contributed by atoms with Crippen LogP contribution in [0.1, 0.15) is 12.5 Å². The maximum absolute atomic E-state index is 12.6. The number of ether oxygens (including phenoxy) is 1. The highest BCUT2D eigenvalue weighted by molar-refractivity contribution is 5.80. The predicted molar refractivity (Wildman–Crippen MR) is 109 cm³/mol. The first kappa shape index (κ1) is 18.2. The van der Waals surface area contributed by atoms with Crippen LogP contribution < -0.4 is 15.3 Å². The second kappa shape index (κ2) is 7.80. The Kier molecular flexibility index (Phi) is 5.06. The van der Waals surface area contributed by atoms with Gasteiger partial charge < -0.3 is 24.5 Å². The minimum Gasteiger partial charge on any atom is -0.494 e. The zero-order valence-corrected chi connectivity index (χ0v) is 15.9. The summed E-state index contributed by atoms with van der Waals surface area (Å²) in [6, 6.07) is 13.6. The molecule has 1 fully saturated rings. The number of anilines is 1. The molecule has 0 bridgehead atoms. The fourth-order valence-electron chi connectivity index (χ4n) is 3.59. The number of carbonyl (C=O) groups is 1. The summed E-state index contributed by atoms with van der Waals surface area (Å²) in [7, 11) is 0. The number of amides is 1. The summed E-state index contributed by atoms with van der Waals surface area (Å²) in [5.41, 5.74) is 3.46. The Balaban J connectivity index is 1.34. The van der Waals surface area contributed by atoms with Gasteiger partial charge in [0.1, 0.15) is 5.75 Å². The Labute approximate surface area is 162 Å². The van der Waals surface area contributed by atoms with E-state index in [0.717, 1.165) is 41.1 Å². The summed E-state index contributed by atoms with van der Waals surface area (Å²) in [5, 5.41) is 0. The van der Waals surface area contributed by atoms with Gasteiger partial charge in [0, 0.05) is 31.9 Å². The standard InChI is InChI=1S/C21H24N4O3/c1-2-28-17-6-3-15(4-7-17)13-20(26)25-11-9-24(10-12-25)16-5-8-18-19(14-16)23-21(27)22-18/h3-8,14H,2,9-13H2,1H3,(H2,22,23,27). The molecule has 1 saturated heterocycles. The van der Waals surface area contributed by atoms with Crippen molar-refractivity contribution in [2.45, 2.75) is 13.3 Å². The van der Waals surface area contributed by atoms with Crippen LogP contribution in [-0.2, 0) is 11.2 Å². The molecule has 1 aliphatic heterocycles. The molecule has 146 valence electrons. The fraction of sp³-hybridized carbons (Fsp3) is 0.333. The Morgan fingerprint density at radius 2 is 1.71 bits per heavy atom. The van der Waals surface area contributed by atoms with Crippen molar-refractivity contribution in [2.24, 2.45) is 0 Å². The van der Waals surface area contributed by atoms with Crippen molar-refractivity contribution in [1.29, 1.82) is 0 Å². The molecule has 4 rings (SSSR count). The van der Waals surface area contributed by atoms with Crippen LogP contribution in [0.15, 0.2) is 47.3 Å². The van der Waals surface area contributed by atoms with Gasteiger partial charge in [-0.1, -0.05) is 12.1 Å². The van der Waals surface area contributed by atoms with Crippen molar-refractivity contribution in [1.82, 2.24) is 14.9 Å². The first-order valence-corrected chi connectivity index (χ1v) is 9.59. The summed E-state index contributed by atoms with van der Waals surface area (Å²) in [6.45, 7) is 5.52. The highest BCUT2D eigenvalue weighted by atomic mass is 16.5. The number of piperazine rings is 1. The van der Waals surface area contributed by atoms with E-state index in [2.05, 4.69) is 14.9 Å². The molecule has 2 heterocycles. The van der Waals surface area contributed by atoms with Gasteiger partial charge >= 0.3 is 5.69 Å². The molecule has 0 radical (unpaired) electrons. The molecule has 0 saturated carbocycles. The molecular formula is C21H24N4O3. The van der Waals surface area contributed by atoms with Crippen molar-refractivity contribution in [3.8, 4) is 5.75 Å². The summed E-state index contributed by atoms with van der Waals surface area (Å²) >= 11 is 0. The maximum Gasteiger partial charge on any atom is 0.323 e. The Morgan fingerprint density at radius 3 is 2.43 bits per heavy atom. The quantitative estimate of drug-likeness (QED) is 0.711. The lowest BCUT2D eigenvalue weighted by molar-refractivity contribution is -0.130. The van der Waals surface area contributed by atoms with Gasteiger partial charge in [-0.05, 0) is 42.8 Å². The SMILES string of the molecule is CCOc1ccc(CC(=O)N2CCN(c3ccc4[nH]c(=O)[nH]c4c3)CC2)cc1. The smallest absolute Gasteiger partial charge is 0.323 e. The van der Waals surface area contributed by atoms with Crippen molar-refractivity contribution in [3.05, 3.63) is 58.5 Å². The number of aromatic amines is 2. The molecule has 3 aromatic rings. The zero-order chi connectivity index (χ0) is 19.5. The molecule has 7 heteroatoms. The summed E-state index contributed by atoms with van der Waals surface area (Å²) in [5.74, 6) is 0.974. The second-order valence-corrected chi connectivity index (χ2v) is 6.93. The summed E-state index contributed by atoms with van der Waals surface area (Å²) in [6.07, 6.45) is 0.406. The van der Waals surface area contributed by atoms with Crippen molar-refractivity contribution < 1.29 is 9.53 Å². The lowest BCUT2D eigenvalue weighted by Crippen LogP contribution is -2.49. The molecule has 1 aliphatic rings. The molecule has 0 spiro atoms. The van der Waals surface area contributed by atoms with E-state index in [9.17, 15) is 9.59 Å². The van der Waals surface area contributed by atoms with Gasteiger partial charge in [-0.3, -0.25) is 4.79 Å². The fourth-order valence-corrected chi connectivity index (χ4v) is 3.59. The molecule has 2 N–H and O–H groups in total. The molecule has 7 nitrogen and oxygen atoms in total. The van der Waals surface area contributed by atoms with Crippen LogP contribution in [0.3, 0.4) is 0 Å². The van der Waals surface area contributed by atoms with E-state index in [0.29, 0.717) is 26.1 Å². The number of imidazole rings is 1. The number of rotatable bonds is 5. The number of carbonyl (C=O) groups excluding carboxylic acids is 1. The highest BCUT2D eigenvalue weighted by Gasteiger charge is 2.21. The van der Waals surface area contributed by atoms with Gasteiger partial charge in [-0.2, -0.15) is 0 Å². The first-order chi connectivity index (χ1) is 13.6. The third kappa shape index (κ3) is 3.88. The van der Waals surface area contributed by atoms with E-state index in [1.165, 1.54) is 0 Å². The zero-order valence-electron chi connectivity index (χ0n) is 15.9. The largest absolute Gasteiger partial charge is 0.494 e. The monoisotopic (exact) mass is 380 g/mol. The molecular weight excluding hydrogens is 356 g/mol. The normalized spacial score (nSPS) is 14.5. The first-order valence-electron chi connectivity index (χ1n) is 9.59. The van der Waals surface area contributed by atoms with Crippen molar-refractivity contribution in [3.63, 3.8) is 0 Å². The number of hydrogen-bond donors (Lipinski definition) is 2. The number of nitrogens with zero attached hydrogens (tertiary/aromatic N) is 2. The third-order valence-corrected chi connectivity index (χ3v) is 5.09. The van der Waals surface area contributed by atoms with Crippen LogP contribution >= 0.6 is 0 Å². The van der Waals surface area contributed by atoms with E-state index < -0.39 is 0 Å². The Bertz CT molecular complexity index is 1010. The van der Waals surface area contributed by atoms with E-state index >= 15 is 0 Å². The van der Waals surface area contributed by atoms with Crippen LogP contribution in [0.4, 0.5) is 5.69 Å². The topological polar surface area (TPSA) is 81.4 Å². The van der Waals surface area contributed by atoms with Gasteiger partial charge in [-0.15, -0.1) is 0 Å². The third-order valence-electron chi connectivity index (χ3n) is 5.09. The van der Waals surface area contributed by atoms with Crippen molar-refractivity contribution >= 4 is 22.6 Å². The number of benzene rings is 2. The second-order valence-electron chi connectivity index (χ2n) is 6.93. The van der Waals surface area contributed by atoms with Crippen molar-refractivity contribution in [2.75, 3.05) is 37.7 Å². The minimum absolute atomic E-state index is 0.147. The van der Waals surface area contributed by atoms with Gasteiger partial charge in [-0.25, -0.2) is 4.79 Å². The lowest BCUT2D eigenvalue weighted by atomic mass is 10.1. The van der Waals surface area contributed by atoms with Crippen LogP contribution in [0, 0.1) is 0 Å². The Hall–Kier alpha value is -3.22. The number of aromatic nitrogens is 2. The number of hydrogen-bond acceptors (Lipinski definition) is 4. The summed E-state index contributed by atoms with van der Waals surface area (Å²) < 4.78 is 5.44. The van der Waals surface area contributed by atoms with Gasteiger partial charge in [0.25, 0.3) is 0 Å². The van der Waals surface area contributed by atoms with Crippen LogP contribution in [0.2, 0.25) is 0 Å². The number of fused-ring (bicyclic) bond motifs is 1. The van der Waals surface area contributed by atoms with E-state index in [4.69, 9.17) is 4.74 Å². The number of H-pyrrole nitrogens is 2. The molecule has 0 atom stereocenters. The van der Waals surface area contributed by atoms with Crippen LogP contribution in [-0.4, -0.2) is 53.6 Å². The average molecular weight is 380 g/mol. The maximum atomic E-state index is 12.6. The molecule has 28 heavy (non-hydrogen) atoms. The number of nitrogens with one attached hydrogen (secondary N) is 2. The van der Waals surface area contributed by atoms with Crippen LogP contribution in [0.25, 0.3) is 11.0 Å². The van der Waals surface area contributed by atoms with Gasteiger partial charge in [0.05, 0.1) is 24.1 Å².